The Kier molecular flexibility index (Phi) is 4.39. The van der Waals surface area contributed by atoms with E-state index in [1.165, 1.54) is 6.42 Å². The second kappa shape index (κ2) is 5.59. The third-order valence-electron chi connectivity index (χ3n) is 2.16. The van der Waals surface area contributed by atoms with Crippen LogP contribution in [0.25, 0.3) is 0 Å². The van der Waals surface area contributed by atoms with E-state index in [4.69, 9.17) is 9.84 Å². The Morgan fingerprint density at radius 1 is 1.14 bits per heavy atom. The summed E-state index contributed by atoms with van der Waals surface area (Å²) in [5.41, 5.74) is 0. The minimum atomic E-state index is -1.04. The molecule has 0 unspecified atom stereocenters. The second-order valence-electron chi connectivity index (χ2n) is 3.33. The van der Waals surface area contributed by atoms with Gasteiger partial charge in [0.25, 0.3) is 0 Å². The van der Waals surface area contributed by atoms with E-state index in [-0.39, 0.29) is 12.5 Å². The number of carboxylic acids is 1. The fourth-order valence-corrected chi connectivity index (χ4v) is 1.46. The Morgan fingerprint density at radius 3 is 2.36 bits per heavy atom. The summed E-state index contributed by atoms with van der Waals surface area (Å²) in [6, 6.07) is 0. The van der Waals surface area contributed by atoms with E-state index in [2.05, 4.69) is 0 Å². The molecule has 80 valence electrons. The Labute approximate surface area is 82.6 Å². The number of ether oxygens (including phenoxy) is 1. The smallest absolute Gasteiger partial charge is 0.329 e. The first-order chi connectivity index (χ1) is 6.70. The third-order valence-corrected chi connectivity index (χ3v) is 2.16. The standard InChI is InChI=1S/C9H15NO4/c11-8(6-14-7-9(12)13)10-4-2-1-3-5-10/h1-7H2,(H,12,13). The van der Waals surface area contributed by atoms with Crippen molar-refractivity contribution < 1.29 is 19.4 Å². The van der Waals surface area contributed by atoms with E-state index in [1.54, 1.807) is 4.90 Å². The van der Waals surface area contributed by atoms with Crippen molar-refractivity contribution in [1.29, 1.82) is 0 Å². The number of hydrogen-bond donors (Lipinski definition) is 1. The van der Waals surface area contributed by atoms with Crippen molar-refractivity contribution >= 4 is 11.9 Å². The van der Waals surface area contributed by atoms with Gasteiger partial charge in [0.05, 0.1) is 0 Å². The number of carboxylic acid groups (broad SMARTS) is 1. The second-order valence-corrected chi connectivity index (χ2v) is 3.33. The molecule has 0 aromatic carbocycles. The highest BCUT2D eigenvalue weighted by molar-refractivity contribution is 5.78. The largest absolute Gasteiger partial charge is 0.480 e. The number of nitrogens with zero attached hydrogens (tertiary/aromatic N) is 1. The third kappa shape index (κ3) is 3.74. The molecule has 1 heterocycles. The Morgan fingerprint density at radius 2 is 1.79 bits per heavy atom. The molecule has 0 atom stereocenters. The fraction of sp³-hybridized carbons (Fsp3) is 0.778. The van der Waals surface area contributed by atoms with Crippen molar-refractivity contribution in [3.63, 3.8) is 0 Å². The van der Waals surface area contributed by atoms with Gasteiger partial charge in [-0.05, 0) is 19.3 Å². The van der Waals surface area contributed by atoms with Crippen molar-refractivity contribution in [2.45, 2.75) is 19.3 Å². The van der Waals surface area contributed by atoms with Gasteiger partial charge in [0, 0.05) is 13.1 Å². The highest BCUT2D eigenvalue weighted by Crippen LogP contribution is 2.08. The van der Waals surface area contributed by atoms with Gasteiger partial charge in [-0.2, -0.15) is 0 Å². The van der Waals surface area contributed by atoms with Crippen LogP contribution in [0.1, 0.15) is 19.3 Å². The first kappa shape index (κ1) is 11.0. The summed E-state index contributed by atoms with van der Waals surface area (Å²) in [6.07, 6.45) is 3.23. The molecule has 1 aliphatic rings. The van der Waals surface area contributed by atoms with E-state index >= 15 is 0 Å². The van der Waals surface area contributed by atoms with Gasteiger partial charge in [0.1, 0.15) is 13.2 Å². The Balaban J connectivity index is 2.16. The molecule has 0 spiro atoms. The molecule has 0 bridgehead atoms. The van der Waals surface area contributed by atoms with Gasteiger partial charge < -0.3 is 14.7 Å². The van der Waals surface area contributed by atoms with Crippen molar-refractivity contribution in [1.82, 2.24) is 4.90 Å². The zero-order valence-electron chi connectivity index (χ0n) is 8.07. The molecule has 1 fully saturated rings. The number of carbonyl (C=O) groups excluding carboxylic acids is 1. The molecule has 0 saturated carbocycles. The zero-order valence-corrected chi connectivity index (χ0v) is 8.07. The first-order valence-corrected chi connectivity index (χ1v) is 4.77. The number of likely N-dealkylation sites (tertiary alicyclic amines) is 1. The summed E-state index contributed by atoms with van der Waals surface area (Å²) in [6.45, 7) is 1.02. The van der Waals surface area contributed by atoms with Crippen LogP contribution >= 0.6 is 0 Å². The monoisotopic (exact) mass is 201 g/mol. The maximum atomic E-state index is 11.4. The van der Waals surface area contributed by atoms with Gasteiger partial charge >= 0.3 is 5.97 Å². The Hall–Kier alpha value is -1.10. The molecule has 5 nitrogen and oxygen atoms in total. The van der Waals surface area contributed by atoms with Crippen LogP contribution in [0.2, 0.25) is 0 Å². The number of hydrogen-bond acceptors (Lipinski definition) is 3. The van der Waals surface area contributed by atoms with Gasteiger partial charge in [-0.15, -0.1) is 0 Å². The van der Waals surface area contributed by atoms with Gasteiger partial charge in [0.15, 0.2) is 0 Å². The van der Waals surface area contributed by atoms with Crippen LogP contribution < -0.4 is 0 Å². The average molecular weight is 201 g/mol. The molecular weight excluding hydrogens is 186 g/mol. The minimum Gasteiger partial charge on any atom is -0.480 e. The van der Waals surface area contributed by atoms with Crippen LogP contribution in [0.15, 0.2) is 0 Å². The van der Waals surface area contributed by atoms with E-state index in [0.29, 0.717) is 0 Å². The zero-order chi connectivity index (χ0) is 10.4. The Bertz CT molecular complexity index is 211. The molecule has 0 aliphatic carbocycles. The topological polar surface area (TPSA) is 66.8 Å². The van der Waals surface area contributed by atoms with Crippen LogP contribution in [0.3, 0.4) is 0 Å². The first-order valence-electron chi connectivity index (χ1n) is 4.77. The lowest BCUT2D eigenvalue weighted by atomic mass is 10.1. The quantitative estimate of drug-likeness (QED) is 0.700. The van der Waals surface area contributed by atoms with Crippen molar-refractivity contribution in [3.05, 3.63) is 0 Å². The highest BCUT2D eigenvalue weighted by Gasteiger charge is 2.16. The van der Waals surface area contributed by atoms with E-state index < -0.39 is 12.6 Å². The van der Waals surface area contributed by atoms with Crippen molar-refractivity contribution in [2.24, 2.45) is 0 Å². The predicted molar refractivity (Wildman–Crippen MR) is 48.9 cm³/mol. The van der Waals surface area contributed by atoms with Crippen LogP contribution in [0.4, 0.5) is 0 Å². The van der Waals surface area contributed by atoms with Gasteiger partial charge in [0.2, 0.25) is 5.91 Å². The predicted octanol–water partition coefficient (Wildman–Crippen LogP) is 0.100. The number of amides is 1. The summed E-state index contributed by atoms with van der Waals surface area (Å²) in [5, 5.41) is 8.29. The fourth-order valence-electron chi connectivity index (χ4n) is 1.46. The number of aliphatic carboxylic acids is 1. The molecule has 1 saturated heterocycles. The maximum absolute atomic E-state index is 11.4. The number of rotatable bonds is 4. The van der Waals surface area contributed by atoms with Crippen molar-refractivity contribution in [2.75, 3.05) is 26.3 Å². The number of piperidine rings is 1. The maximum Gasteiger partial charge on any atom is 0.329 e. The lowest BCUT2D eigenvalue weighted by Crippen LogP contribution is -2.38. The van der Waals surface area contributed by atoms with E-state index in [1.807, 2.05) is 0 Å². The molecular formula is C9H15NO4. The summed E-state index contributed by atoms with van der Waals surface area (Å²) in [5.74, 6) is -1.15. The van der Waals surface area contributed by atoms with Crippen molar-refractivity contribution in [3.8, 4) is 0 Å². The summed E-state index contributed by atoms with van der Waals surface area (Å²) in [7, 11) is 0. The van der Waals surface area contributed by atoms with Crippen LogP contribution in [-0.4, -0.2) is 48.2 Å². The summed E-state index contributed by atoms with van der Waals surface area (Å²) in [4.78, 5) is 23.2. The molecule has 5 heteroatoms. The molecule has 1 amide bonds. The van der Waals surface area contributed by atoms with Crippen LogP contribution in [0, 0.1) is 0 Å². The number of carbonyl (C=O) groups is 2. The molecule has 1 aliphatic heterocycles. The SMILES string of the molecule is O=C(O)COCC(=O)N1CCCCC1. The lowest BCUT2D eigenvalue weighted by molar-refractivity contribution is -0.146. The van der Waals surface area contributed by atoms with Gasteiger partial charge in [-0.3, -0.25) is 4.79 Å². The molecule has 0 aromatic heterocycles. The van der Waals surface area contributed by atoms with Crippen LogP contribution in [0.5, 0.6) is 0 Å². The van der Waals surface area contributed by atoms with E-state index in [9.17, 15) is 9.59 Å². The minimum absolute atomic E-state index is 0.106. The molecule has 0 aromatic rings. The molecule has 1 N–H and O–H groups in total. The normalized spacial score (nSPS) is 16.7. The van der Waals surface area contributed by atoms with Crippen LogP contribution in [-0.2, 0) is 14.3 Å². The van der Waals surface area contributed by atoms with E-state index in [0.717, 1.165) is 25.9 Å². The lowest BCUT2D eigenvalue weighted by Gasteiger charge is -2.26. The molecule has 0 radical (unpaired) electrons. The molecule has 1 rings (SSSR count). The van der Waals surface area contributed by atoms with Gasteiger partial charge in [-0.25, -0.2) is 4.79 Å². The highest BCUT2D eigenvalue weighted by atomic mass is 16.5. The molecule has 14 heavy (non-hydrogen) atoms. The van der Waals surface area contributed by atoms with Gasteiger partial charge in [-0.1, -0.05) is 0 Å². The summed E-state index contributed by atoms with van der Waals surface area (Å²) >= 11 is 0. The average Bonchev–Trinajstić information content (AvgIpc) is 2.18. The summed E-state index contributed by atoms with van der Waals surface area (Å²) < 4.78 is 4.72.